The molecule has 2 rings (SSSR count). The van der Waals surface area contributed by atoms with Gasteiger partial charge >= 0.3 is 0 Å². The minimum Gasteiger partial charge on any atom is -0.438 e. The highest BCUT2D eigenvalue weighted by molar-refractivity contribution is 9.10. The molecule has 1 aromatic heterocycles. The van der Waals surface area contributed by atoms with Gasteiger partial charge in [-0.05, 0) is 34.5 Å². The van der Waals surface area contributed by atoms with Gasteiger partial charge in [0.15, 0.2) is 0 Å². The number of aryl methyl sites for hydroxylation is 1. The maximum absolute atomic E-state index is 5.83. The van der Waals surface area contributed by atoms with Crippen molar-refractivity contribution in [2.24, 2.45) is 0 Å². The molecular formula is C15H18BrN3O. The molecule has 0 atom stereocenters. The van der Waals surface area contributed by atoms with Crippen molar-refractivity contribution in [3.63, 3.8) is 0 Å². The molecule has 20 heavy (non-hydrogen) atoms. The normalized spacial score (nSPS) is 10.3. The van der Waals surface area contributed by atoms with Gasteiger partial charge in [-0.25, -0.2) is 4.98 Å². The molecule has 106 valence electrons. The Morgan fingerprint density at radius 3 is 2.70 bits per heavy atom. The Labute approximate surface area is 127 Å². The number of ether oxygens (including phenoxy) is 1. The SMILES string of the molecule is CCCNc1cc(Oc2ccccc2Br)nc(CC)n1. The van der Waals surface area contributed by atoms with E-state index >= 15 is 0 Å². The van der Waals surface area contributed by atoms with Gasteiger partial charge in [-0.15, -0.1) is 0 Å². The van der Waals surface area contributed by atoms with Crippen molar-refractivity contribution in [3.05, 3.63) is 40.6 Å². The number of hydrogen-bond donors (Lipinski definition) is 1. The van der Waals surface area contributed by atoms with E-state index in [0.717, 1.165) is 41.3 Å². The first kappa shape index (κ1) is 14.8. The van der Waals surface area contributed by atoms with Crippen LogP contribution >= 0.6 is 15.9 Å². The quantitative estimate of drug-likeness (QED) is 0.848. The minimum atomic E-state index is 0.558. The Bertz CT molecular complexity index is 575. The molecule has 4 nitrogen and oxygen atoms in total. The molecule has 0 radical (unpaired) electrons. The van der Waals surface area contributed by atoms with Crippen LogP contribution < -0.4 is 10.1 Å². The highest BCUT2D eigenvalue weighted by Gasteiger charge is 2.07. The lowest BCUT2D eigenvalue weighted by Gasteiger charge is -2.10. The first-order valence-corrected chi connectivity index (χ1v) is 7.56. The number of para-hydroxylation sites is 1. The molecule has 0 aliphatic rings. The number of nitrogens with one attached hydrogen (secondary N) is 1. The van der Waals surface area contributed by atoms with Crippen LogP contribution in [0.4, 0.5) is 5.82 Å². The number of rotatable bonds is 6. The van der Waals surface area contributed by atoms with Crippen LogP contribution in [0.25, 0.3) is 0 Å². The van der Waals surface area contributed by atoms with Crippen molar-refractivity contribution in [1.29, 1.82) is 0 Å². The molecule has 0 fully saturated rings. The fourth-order valence-electron chi connectivity index (χ4n) is 1.67. The Morgan fingerprint density at radius 1 is 1.20 bits per heavy atom. The van der Waals surface area contributed by atoms with Crippen LogP contribution in [0.1, 0.15) is 26.1 Å². The van der Waals surface area contributed by atoms with Gasteiger partial charge in [0.25, 0.3) is 0 Å². The van der Waals surface area contributed by atoms with Crippen molar-refractivity contribution >= 4 is 21.7 Å². The second-order valence-electron chi connectivity index (χ2n) is 4.32. The number of halogens is 1. The predicted molar refractivity (Wildman–Crippen MR) is 84.4 cm³/mol. The molecule has 0 saturated heterocycles. The van der Waals surface area contributed by atoms with E-state index in [1.54, 1.807) is 0 Å². The van der Waals surface area contributed by atoms with Gasteiger partial charge in [0, 0.05) is 19.0 Å². The van der Waals surface area contributed by atoms with Gasteiger partial charge in [0.2, 0.25) is 5.88 Å². The average Bonchev–Trinajstić information content (AvgIpc) is 2.47. The van der Waals surface area contributed by atoms with Crippen LogP contribution in [0, 0.1) is 0 Å². The maximum Gasteiger partial charge on any atom is 0.224 e. The molecule has 0 saturated carbocycles. The molecule has 0 aliphatic heterocycles. The van der Waals surface area contributed by atoms with E-state index in [-0.39, 0.29) is 0 Å². The summed E-state index contributed by atoms with van der Waals surface area (Å²) in [5.74, 6) is 2.88. The maximum atomic E-state index is 5.83. The molecule has 0 aliphatic carbocycles. The lowest BCUT2D eigenvalue weighted by molar-refractivity contribution is 0.456. The van der Waals surface area contributed by atoms with Gasteiger partial charge < -0.3 is 10.1 Å². The van der Waals surface area contributed by atoms with E-state index in [9.17, 15) is 0 Å². The summed E-state index contributed by atoms with van der Waals surface area (Å²) in [5.41, 5.74) is 0. The van der Waals surface area contributed by atoms with Crippen molar-refractivity contribution in [2.75, 3.05) is 11.9 Å². The van der Waals surface area contributed by atoms with E-state index in [1.165, 1.54) is 0 Å². The summed E-state index contributed by atoms with van der Waals surface area (Å²) in [4.78, 5) is 8.84. The number of hydrogen-bond acceptors (Lipinski definition) is 4. The van der Waals surface area contributed by atoms with Crippen molar-refractivity contribution in [3.8, 4) is 11.6 Å². The Kier molecular flexibility index (Phi) is 5.35. The number of nitrogens with zero attached hydrogens (tertiary/aromatic N) is 2. The van der Waals surface area contributed by atoms with E-state index < -0.39 is 0 Å². The Morgan fingerprint density at radius 2 is 2.00 bits per heavy atom. The summed E-state index contributed by atoms with van der Waals surface area (Å²) in [5, 5.41) is 3.27. The third-order valence-electron chi connectivity index (χ3n) is 2.67. The summed E-state index contributed by atoms with van der Waals surface area (Å²) in [6.45, 7) is 5.03. The number of benzene rings is 1. The zero-order valence-corrected chi connectivity index (χ0v) is 13.3. The highest BCUT2D eigenvalue weighted by atomic mass is 79.9. The van der Waals surface area contributed by atoms with Gasteiger partial charge in [0.05, 0.1) is 4.47 Å². The smallest absolute Gasteiger partial charge is 0.224 e. The monoisotopic (exact) mass is 335 g/mol. The topological polar surface area (TPSA) is 47.0 Å². The summed E-state index contributed by atoms with van der Waals surface area (Å²) < 4.78 is 6.74. The fourth-order valence-corrected chi connectivity index (χ4v) is 2.03. The first-order valence-electron chi connectivity index (χ1n) is 6.77. The van der Waals surface area contributed by atoms with E-state index in [0.29, 0.717) is 5.88 Å². The van der Waals surface area contributed by atoms with Gasteiger partial charge in [-0.3, -0.25) is 0 Å². The van der Waals surface area contributed by atoms with Crippen LogP contribution in [-0.4, -0.2) is 16.5 Å². The lowest BCUT2D eigenvalue weighted by Crippen LogP contribution is -2.05. The zero-order chi connectivity index (χ0) is 14.4. The number of aromatic nitrogens is 2. The summed E-state index contributed by atoms with van der Waals surface area (Å²) in [6, 6.07) is 9.54. The minimum absolute atomic E-state index is 0.558. The average molecular weight is 336 g/mol. The van der Waals surface area contributed by atoms with Gasteiger partial charge in [0.1, 0.15) is 17.4 Å². The summed E-state index contributed by atoms with van der Waals surface area (Å²) in [7, 11) is 0. The van der Waals surface area contributed by atoms with Crippen molar-refractivity contribution in [1.82, 2.24) is 9.97 Å². The Hall–Kier alpha value is -1.62. The van der Waals surface area contributed by atoms with E-state index in [2.05, 4.69) is 38.1 Å². The highest BCUT2D eigenvalue weighted by Crippen LogP contribution is 2.29. The number of anilines is 1. The summed E-state index contributed by atoms with van der Waals surface area (Å²) >= 11 is 3.47. The predicted octanol–water partition coefficient (Wildman–Crippen LogP) is 4.42. The van der Waals surface area contributed by atoms with Gasteiger partial charge in [-0.2, -0.15) is 4.98 Å². The largest absolute Gasteiger partial charge is 0.438 e. The van der Waals surface area contributed by atoms with Crippen molar-refractivity contribution < 1.29 is 4.74 Å². The van der Waals surface area contributed by atoms with Gasteiger partial charge in [-0.1, -0.05) is 26.0 Å². The molecule has 0 amide bonds. The second kappa shape index (κ2) is 7.24. The van der Waals surface area contributed by atoms with E-state index in [1.807, 2.05) is 37.3 Å². The molecule has 0 spiro atoms. The van der Waals surface area contributed by atoms with E-state index in [4.69, 9.17) is 4.74 Å². The molecule has 1 N–H and O–H groups in total. The third-order valence-corrected chi connectivity index (χ3v) is 3.33. The summed E-state index contributed by atoms with van der Waals surface area (Å²) in [6.07, 6.45) is 1.82. The zero-order valence-electron chi connectivity index (χ0n) is 11.7. The molecule has 0 bridgehead atoms. The van der Waals surface area contributed by atoms with Crippen molar-refractivity contribution in [2.45, 2.75) is 26.7 Å². The fraction of sp³-hybridized carbons (Fsp3) is 0.333. The first-order chi connectivity index (χ1) is 9.72. The second-order valence-corrected chi connectivity index (χ2v) is 5.17. The Balaban J connectivity index is 2.24. The molecule has 0 unspecified atom stereocenters. The van der Waals surface area contributed by atoms with Crippen LogP contribution in [0.2, 0.25) is 0 Å². The standard InChI is InChI=1S/C15H18BrN3O/c1-3-9-17-14-10-15(19-13(4-2)18-14)20-12-8-6-5-7-11(12)16/h5-8,10H,3-4,9H2,1-2H3,(H,17,18,19). The van der Waals surface area contributed by atoms with Crippen LogP contribution in [-0.2, 0) is 6.42 Å². The van der Waals surface area contributed by atoms with Crippen LogP contribution in [0.15, 0.2) is 34.8 Å². The van der Waals surface area contributed by atoms with Crippen LogP contribution in [0.3, 0.4) is 0 Å². The third kappa shape index (κ3) is 3.93. The molecule has 5 heteroatoms. The lowest BCUT2D eigenvalue weighted by atomic mass is 10.3. The van der Waals surface area contributed by atoms with Crippen LogP contribution in [0.5, 0.6) is 11.6 Å². The molecular weight excluding hydrogens is 318 g/mol. The molecule has 2 aromatic rings. The molecule has 1 aromatic carbocycles. The molecule has 1 heterocycles.